The monoisotopic (exact) mass is 469 g/mol. The van der Waals surface area contributed by atoms with Crippen molar-refractivity contribution in [1.82, 2.24) is 19.2 Å². The number of fused-ring (bicyclic) bond motifs is 1. The van der Waals surface area contributed by atoms with Gasteiger partial charge < -0.3 is 9.30 Å². The molecule has 4 heterocycles. The summed E-state index contributed by atoms with van der Waals surface area (Å²) in [6, 6.07) is 16.9. The highest BCUT2D eigenvalue weighted by Gasteiger charge is 2.22. The second-order valence-corrected chi connectivity index (χ2v) is 9.78. The van der Waals surface area contributed by atoms with Gasteiger partial charge in [0.2, 0.25) is 5.91 Å². The number of hydrogen-bond acceptors (Lipinski definition) is 5. The van der Waals surface area contributed by atoms with Crippen LogP contribution in [0.1, 0.15) is 30.2 Å². The van der Waals surface area contributed by atoms with E-state index in [4.69, 9.17) is 4.98 Å². The van der Waals surface area contributed by atoms with E-state index in [1.165, 1.54) is 11.1 Å². The number of pyridine rings is 1. The summed E-state index contributed by atoms with van der Waals surface area (Å²) in [4.78, 5) is 22.2. The summed E-state index contributed by atoms with van der Waals surface area (Å²) in [5, 5.41) is 11.2. The van der Waals surface area contributed by atoms with E-state index in [0.29, 0.717) is 5.56 Å². The van der Waals surface area contributed by atoms with Gasteiger partial charge in [0.15, 0.2) is 0 Å². The van der Waals surface area contributed by atoms with Crippen LogP contribution in [0.4, 0.5) is 0 Å². The lowest BCUT2D eigenvalue weighted by Gasteiger charge is -2.21. The lowest BCUT2D eigenvalue weighted by Crippen LogP contribution is -2.33. The fraction of sp³-hybridized carbons (Fsp3) is 0.296. The second-order valence-electron chi connectivity index (χ2n) is 8.87. The van der Waals surface area contributed by atoms with Crippen LogP contribution in [0.3, 0.4) is 0 Å². The Kier molecular flexibility index (Phi) is 6.18. The van der Waals surface area contributed by atoms with Crippen molar-refractivity contribution >= 4 is 22.9 Å². The molecule has 3 aromatic heterocycles. The first-order chi connectivity index (χ1) is 16.5. The van der Waals surface area contributed by atoms with Gasteiger partial charge in [-0.05, 0) is 42.7 Å². The van der Waals surface area contributed by atoms with Gasteiger partial charge in [-0.15, -0.1) is 11.3 Å². The van der Waals surface area contributed by atoms with Crippen molar-refractivity contribution in [1.29, 1.82) is 5.26 Å². The molecule has 0 spiro atoms. The molecule has 1 aliphatic rings. The topological polar surface area (TPSA) is 64.6 Å². The van der Waals surface area contributed by atoms with Crippen LogP contribution < -0.4 is 0 Å². The number of amides is 1. The highest BCUT2D eigenvalue weighted by atomic mass is 32.1. The van der Waals surface area contributed by atoms with E-state index < -0.39 is 0 Å². The van der Waals surface area contributed by atoms with Crippen molar-refractivity contribution < 1.29 is 4.79 Å². The number of aromatic nitrogens is 2. The van der Waals surface area contributed by atoms with Gasteiger partial charge in [0.05, 0.1) is 16.1 Å². The average molecular weight is 470 g/mol. The zero-order valence-corrected chi connectivity index (χ0v) is 20.3. The van der Waals surface area contributed by atoms with Crippen molar-refractivity contribution in [3.05, 3.63) is 70.9 Å². The van der Waals surface area contributed by atoms with Crippen LogP contribution in [0, 0.1) is 18.3 Å². The number of carbonyl (C=O) groups is 1. The molecule has 0 saturated carbocycles. The molecule has 0 radical (unpaired) electrons. The molecular weight excluding hydrogens is 442 g/mol. The molecule has 0 atom stereocenters. The number of hydrogen-bond donors (Lipinski definition) is 0. The van der Waals surface area contributed by atoms with Crippen molar-refractivity contribution in [2.24, 2.45) is 0 Å². The zero-order valence-electron chi connectivity index (χ0n) is 19.5. The van der Waals surface area contributed by atoms with Gasteiger partial charge in [0, 0.05) is 51.2 Å². The zero-order chi connectivity index (χ0) is 23.7. The Labute approximate surface area is 203 Å². The quantitative estimate of drug-likeness (QED) is 0.424. The van der Waals surface area contributed by atoms with Crippen molar-refractivity contribution in [3.8, 4) is 27.8 Å². The highest BCUT2D eigenvalue weighted by Crippen LogP contribution is 2.32. The summed E-state index contributed by atoms with van der Waals surface area (Å²) in [6.07, 6.45) is 3.13. The summed E-state index contributed by atoms with van der Waals surface area (Å²) >= 11 is 1.56. The fourth-order valence-corrected chi connectivity index (χ4v) is 5.38. The van der Waals surface area contributed by atoms with Gasteiger partial charge in [-0.25, -0.2) is 4.98 Å². The largest absolute Gasteiger partial charge is 0.342 e. The molecule has 1 amide bonds. The van der Waals surface area contributed by atoms with E-state index in [9.17, 15) is 10.1 Å². The Balaban J connectivity index is 1.56. The van der Waals surface area contributed by atoms with E-state index in [1.807, 2.05) is 16.3 Å². The van der Waals surface area contributed by atoms with Crippen LogP contribution >= 0.6 is 11.3 Å². The van der Waals surface area contributed by atoms with Gasteiger partial charge in [-0.2, -0.15) is 5.26 Å². The first-order valence-corrected chi connectivity index (χ1v) is 12.4. The first-order valence-electron chi connectivity index (χ1n) is 11.6. The third-order valence-corrected chi connectivity index (χ3v) is 7.41. The lowest BCUT2D eigenvalue weighted by molar-refractivity contribution is -0.128. The maximum Gasteiger partial charge on any atom is 0.219 e. The maximum atomic E-state index is 11.9. The normalized spacial score (nSPS) is 14.8. The van der Waals surface area contributed by atoms with E-state index in [1.54, 1.807) is 18.3 Å². The van der Waals surface area contributed by atoms with E-state index in [0.717, 1.165) is 66.6 Å². The molecule has 0 bridgehead atoms. The molecule has 1 fully saturated rings. The molecule has 172 valence electrons. The van der Waals surface area contributed by atoms with Crippen LogP contribution in [0.2, 0.25) is 0 Å². The minimum Gasteiger partial charge on any atom is -0.342 e. The van der Waals surface area contributed by atoms with E-state index >= 15 is 0 Å². The van der Waals surface area contributed by atoms with Gasteiger partial charge in [0.25, 0.3) is 0 Å². The Morgan fingerprint density at radius 1 is 1.09 bits per heavy atom. The molecule has 4 aromatic rings. The number of imidazole rings is 1. The van der Waals surface area contributed by atoms with E-state index in [2.05, 4.69) is 64.9 Å². The van der Waals surface area contributed by atoms with Crippen molar-refractivity contribution in [3.63, 3.8) is 0 Å². The Bertz CT molecular complexity index is 1380. The Morgan fingerprint density at radius 3 is 2.62 bits per heavy atom. The predicted molar refractivity (Wildman–Crippen MR) is 136 cm³/mol. The summed E-state index contributed by atoms with van der Waals surface area (Å²) < 4.78 is 2.20. The third kappa shape index (κ3) is 4.47. The van der Waals surface area contributed by atoms with Crippen LogP contribution in [0.15, 0.2) is 54.0 Å². The standard InChI is InChI=1S/C27H27N5OS/c1-19-4-6-22(7-5-19)23-8-9-26-29-27(25-14-21(15-28)18-34-25)24(32(26)16-23)17-30-10-3-11-31(13-12-30)20(2)33/h4-9,14,16,18H,3,10-13,17H2,1-2H3. The van der Waals surface area contributed by atoms with Gasteiger partial charge >= 0.3 is 0 Å². The van der Waals surface area contributed by atoms with Crippen LogP contribution in [-0.2, 0) is 11.3 Å². The predicted octanol–water partition coefficient (Wildman–Crippen LogP) is 4.96. The smallest absolute Gasteiger partial charge is 0.219 e. The second kappa shape index (κ2) is 9.41. The number of aryl methyl sites for hydroxylation is 1. The molecule has 0 unspecified atom stereocenters. The number of carbonyl (C=O) groups excluding carboxylic acids is 1. The molecule has 0 N–H and O–H groups in total. The molecule has 1 saturated heterocycles. The fourth-order valence-electron chi connectivity index (χ4n) is 4.53. The van der Waals surface area contributed by atoms with Crippen molar-refractivity contribution in [2.45, 2.75) is 26.8 Å². The molecule has 0 aliphatic carbocycles. The van der Waals surface area contributed by atoms with Crippen LogP contribution in [0.5, 0.6) is 0 Å². The maximum absolute atomic E-state index is 11.9. The van der Waals surface area contributed by atoms with Gasteiger partial charge in [-0.3, -0.25) is 9.69 Å². The number of nitriles is 1. The molecule has 1 aromatic carbocycles. The third-order valence-electron chi connectivity index (χ3n) is 6.47. The number of nitrogens with zero attached hydrogens (tertiary/aromatic N) is 5. The first kappa shape index (κ1) is 22.3. The number of rotatable bonds is 4. The number of thiophene rings is 1. The molecule has 5 rings (SSSR count). The molecular formula is C27H27N5OS. The van der Waals surface area contributed by atoms with Crippen LogP contribution in [0.25, 0.3) is 27.3 Å². The average Bonchev–Trinajstić information content (AvgIpc) is 3.37. The molecule has 34 heavy (non-hydrogen) atoms. The Morgan fingerprint density at radius 2 is 1.88 bits per heavy atom. The summed E-state index contributed by atoms with van der Waals surface area (Å²) in [7, 11) is 0. The highest BCUT2D eigenvalue weighted by molar-refractivity contribution is 7.13. The SMILES string of the molecule is CC(=O)N1CCCN(Cc2c(-c3cc(C#N)cs3)nc3ccc(-c4ccc(C)cc4)cn23)CC1. The Hall–Kier alpha value is -3.47. The summed E-state index contributed by atoms with van der Waals surface area (Å²) in [6.45, 7) is 7.79. The minimum absolute atomic E-state index is 0.141. The van der Waals surface area contributed by atoms with Crippen molar-refractivity contribution in [2.75, 3.05) is 26.2 Å². The lowest BCUT2D eigenvalue weighted by atomic mass is 10.1. The molecule has 1 aliphatic heterocycles. The van der Waals surface area contributed by atoms with Gasteiger partial charge in [-0.1, -0.05) is 29.8 Å². The van der Waals surface area contributed by atoms with Crippen LogP contribution in [-0.4, -0.2) is 51.3 Å². The summed E-state index contributed by atoms with van der Waals surface area (Å²) in [5.74, 6) is 0.141. The van der Waals surface area contributed by atoms with E-state index in [-0.39, 0.29) is 5.91 Å². The molecule has 7 heteroatoms. The minimum atomic E-state index is 0.141. The number of benzene rings is 1. The van der Waals surface area contributed by atoms with Gasteiger partial charge in [0.1, 0.15) is 17.4 Å². The molecule has 6 nitrogen and oxygen atoms in total. The summed E-state index contributed by atoms with van der Waals surface area (Å²) in [5.41, 5.74) is 7.15.